The summed E-state index contributed by atoms with van der Waals surface area (Å²) in [6.45, 7) is 15.5. The van der Waals surface area contributed by atoms with Gasteiger partial charge in [-0.2, -0.15) is 5.10 Å². The SMILES string of the molecule is COc1cccc(CN2CCN(/N=C/c3c4c(O)c5c(O)c(C)c6c(c5c3O)C(=O)C(C)(O/C=C/C(OC)C(C)C(OC(C)=O)C(C)C(O)C(C)C(O)C(C)/C=C/C=C(/C)C(=O)N4)O6)CC2)c1. The lowest BCUT2D eigenvalue weighted by Crippen LogP contribution is -2.46. The van der Waals surface area contributed by atoms with E-state index in [1.54, 1.807) is 52.0 Å². The second-order valence-corrected chi connectivity index (χ2v) is 17.9. The molecule has 4 aliphatic rings. The molecule has 9 atom stereocenters. The number of ether oxygens (including phenoxy) is 5. The number of benzene rings is 3. The van der Waals surface area contributed by atoms with Crippen LogP contribution in [-0.2, 0) is 30.3 Å². The van der Waals surface area contributed by atoms with Crippen molar-refractivity contribution in [3.8, 4) is 28.7 Å². The van der Waals surface area contributed by atoms with Gasteiger partial charge in [0.1, 0.15) is 29.1 Å². The van der Waals surface area contributed by atoms with Gasteiger partial charge in [0.05, 0.1) is 60.1 Å². The van der Waals surface area contributed by atoms with Gasteiger partial charge in [0.15, 0.2) is 5.75 Å². The van der Waals surface area contributed by atoms with Crippen LogP contribution in [0.15, 0.2) is 65.5 Å². The number of anilines is 1. The zero-order valence-electron chi connectivity index (χ0n) is 39.8. The Morgan fingerprint density at radius 2 is 1.64 bits per heavy atom. The summed E-state index contributed by atoms with van der Waals surface area (Å²) in [5.41, 5.74) is 0.674. The highest BCUT2D eigenvalue weighted by molar-refractivity contribution is 6.23. The number of hydrazone groups is 1. The molecule has 17 nitrogen and oxygen atoms in total. The zero-order chi connectivity index (χ0) is 49.1. The second-order valence-electron chi connectivity index (χ2n) is 17.9. The summed E-state index contributed by atoms with van der Waals surface area (Å²) in [5, 5.41) is 67.6. The van der Waals surface area contributed by atoms with Gasteiger partial charge in [0.25, 0.3) is 11.7 Å². The van der Waals surface area contributed by atoms with Crippen molar-refractivity contribution in [1.82, 2.24) is 9.91 Å². The van der Waals surface area contributed by atoms with E-state index in [-0.39, 0.29) is 44.5 Å². The van der Waals surface area contributed by atoms with Crippen molar-refractivity contribution in [2.45, 2.75) is 92.1 Å². The molecule has 4 aliphatic heterocycles. The first kappa shape index (κ1) is 50.3. The quantitative estimate of drug-likeness (QED) is 0.0700. The number of Topliss-reactive ketones (excluding diaryl/α,β-unsaturated/α-hetero) is 1. The van der Waals surface area contributed by atoms with Gasteiger partial charge in [0.2, 0.25) is 0 Å². The molecule has 9 unspecified atom stereocenters. The maximum Gasteiger partial charge on any atom is 0.312 e. The molecule has 7 rings (SSSR count). The smallest absolute Gasteiger partial charge is 0.312 e. The third kappa shape index (κ3) is 10.4. The van der Waals surface area contributed by atoms with Gasteiger partial charge in [-0.15, -0.1) is 0 Å². The largest absolute Gasteiger partial charge is 0.507 e. The van der Waals surface area contributed by atoms with Crippen LogP contribution in [0.4, 0.5) is 5.69 Å². The molecule has 1 fully saturated rings. The predicted octanol–water partition coefficient (Wildman–Crippen LogP) is 5.91. The van der Waals surface area contributed by atoms with Crippen LogP contribution in [0.1, 0.15) is 75.5 Å². The Bertz CT molecular complexity index is 2480. The summed E-state index contributed by atoms with van der Waals surface area (Å²) in [6.07, 6.45) is 4.82. The van der Waals surface area contributed by atoms with Gasteiger partial charge in [-0.1, -0.05) is 58.1 Å². The number of fused-ring (bicyclic) bond motifs is 14. The topological polar surface area (TPSA) is 229 Å². The molecule has 17 heteroatoms. The third-order valence-electron chi connectivity index (χ3n) is 13.3. The summed E-state index contributed by atoms with van der Waals surface area (Å²) < 4.78 is 29.1. The Balaban J connectivity index is 1.44. The average Bonchev–Trinajstić information content (AvgIpc) is 3.57. The molecule has 67 heavy (non-hydrogen) atoms. The number of phenolic OH excluding ortho intramolecular Hbond substituents is 3. The molecular weight excluding hydrogens is 865 g/mol. The number of aliphatic hydroxyl groups excluding tert-OH is 2. The lowest BCUT2D eigenvalue weighted by atomic mass is 9.78. The van der Waals surface area contributed by atoms with Crippen molar-refractivity contribution in [1.29, 1.82) is 0 Å². The van der Waals surface area contributed by atoms with Gasteiger partial charge in [-0.05, 0) is 37.6 Å². The number of hydrogen-bond donors (Lipinski definition) is 6. The van der Waals surface area contributed by atoms with Crippen LogP contribution in [-0.4, -0.2) is 130 Å². The number of aliphatic hydroxyl groups is 2. The molecule has 362 valence electrons. The fourth-order valence-electron chi connectivity index (χ4n) is 9.05. The predicted molar refractivity (Wildman–Crippen MR) is 251 cm³/mol. The molecular formula is C50H64N4O13. The molecule has 0 aliphatic carbocycles. The van der Waals surface area contributed by atoms with Crippen molar-refractivity contribution >= 4 is 40.3 Å². The van der Waals surface area contributed by atoms with E-state index in [2.05, 4.69) is 15.3 Å². The molecule has 1 saturated heterocycles. The third-order valence-corrected chi connectivity index (χ3v) is 13.3. The van der Waals surface area contributed by atoms with Crippen LogP contribution in [0.3, 0.4) is 0 Å². The van der Waals surface area contributed by atoms with Gasteiger partial charge in [0, 0.05) is 93.9 Å². The normalized spacial score (nSPS) is 29.6. The molecule has 0 aromatic heterocycles. The Morgan fingerprint density at radius 1 is 0.940 bits per heavy atom. The van der Waals surface area contributed by atoms with Gasteiger partial charge in [-0.25, -0.2) is 0 Å². The Morgan fingerprint density at radius 3 is 2.30 bits per heavy atom. The minimum Gasteiger partial charge on any atom is -0.507 e. The highest BCUT2D eigenvalue weighted by Crippen LogP contribution is 2.55. The van der Waals surface area contributed by atoms with Crippen molar-refractivity contribution in [3.05, 3.63) is 82.7 Å². The van der Waals surface area contributed by atoms with Crippen LogP contribution < -0.4 is 14.8 Å². The molecule has 6 N–H and O–H groups in total. The number of phenols is 3. The number of piperazine rings is 1. The minimum atomic E-state index is -2.07. The molecule has 4 heterocycles. The number of methoxy groups -OCH3 is 2. The first-order valence-corrected chi connectivity index (χ1v) is 22.4. The summed E-state index contributed by atoms with van der Waals surface area (Å²) in [4.78, 5) is 43.2. The van der Waals surface area contributed by atoms with Crippen molar-refractivity contribution in [2.75, 3.05) is 45.7 Å². The monoisotopic (exact) mass is 928 g/mol. The minimum absolute atomic E-state index is 0.0461. The number of carbonyl (C=O) groups is 3. The molecule has 5 bridgehead atoms. The molecule has 0 radical (unpaired) electrons. The van der Waals surface area contributed by atoms with E-state index in [1.165, 1.54) is 59.4 Å². The van der Waals surface area contributed by atoms with E-state index in [9.17, 15) is 39.9 Å². The average molecular weight is 929 g/mol. The van der Waals surface area contributed by atoms with Gasteiger partial charge in [-0.3, -0.25) is 24.3 Å². The lowest BCUT2D eigenvalue weighted by molar-refractivity contribution is -0.160. The van der Waals surface area contributed by atoms with E-state index >= 15 is 0 Å². The maximum atomic E-state index is 14.6. The van der Waals surface area contributed by atoms with Gasteiger partial charge >= 0.3 is 11.8 Å². The molecule has 1 amide bonds. The summed E-state index contributed by atoms with van der Waals surface area (Å²) in [5.74, 6) is -7.73. The Hall–Kier alpha value is -6.14. The number of ketones is 1. The number of amides is 1. The van der Waals surface area contributed by atoms with Crippen LogP contribution in [0.25, 0.3) is 10.8 Å². The molecule has 0 spiro atoms. The lowest BCUT2D eigenvalue weighted by Gasteiger charge is -2.38. The molecule has 3 aromatic carbocycles. The first-order chi connectivity index (χ1) is 31.7. The highest BCUT2D eigenvalue weighted by atomic mass is 16.7. The molecule has 3 aromatic rings. The maximum absolute atomic E-state index is 14.6. The van der Waals surface area contributed by atoms with Crippen LogP contribution in [0.2, 0.25) is 0 Å². The van der Waals surface area contributed by atoms with E-state index in [0.717, 1.165) is 11.3 Å². The number of carbonyl (C=O) groups excluding carboxylic acids is 3. The van der Waals surface area contributed by atoms with Crippen molar-refractivity contribution in [2.24, 2.45) is 28.8 Å². The van der Waals surface area contributed by atoms with Crippen LogP contribution in [0.5, 0.6) is 28.7 Å². The number of esters is 1. The Labute approximate surface area is 390 Å². The zero-order valence-corrected chi connectivity index (χ0v) is 39.8. The summed E-state index contributed by atoms with van der Waals surface area (Å²) in [7, 11) is 3.06. The number of rotatable bonds is 7. The summed E-state index contributed by atoms with van der Waals surface area (Å²) >= 11 is 0. The van der Waals surface area contributed by atoms with Crippen LogP contribution >= 0.6 is 0 Å². The standard InChI is InChI=1S/C50H64N4O13/c1-26-13-11-14-27(2)49(62)52-40-35(24-51-54-20-18-53(19-21-54)25-33-15-12-16-34(23-33)63-9)44(59)37-38(45(40)60)43(58)31(6)47-39(37)48(61)50(8,67-47)65-22-17-36(64-10)28(3)46(66-32(7)55)30(5)42(57)29(4)41(26)56/h11-17,22-24,26,28-30,36,41-42,46,56-60H,18-21,25H2,1-10H3,(H,52,62)/b13-11+,22-17+,27-14-,51-24+. The van der Waals surface area contributed by atoms with E-state index in [4.69, 9.17) is 23.7 Å². The fraction of sp³-hybridized carbons (Fsp3) is 0.480. The Kier molecular flexibility index (Phi) is 15.6. The van der Waals surface area contributed by atoms with Crippen molar-refractivity contribution in [3.63, 3.8) is 0 Å². The first-order valence-electron chi connectivity index (χ1n) is 22.4. The van der Waals surface area contributed by atoms with E-state index in [0.29, 0.717) is 32.7 Å². The van der Waals surface area contributed by atoms with Crippen LogP contribution in [0, 0.1) is 30.6 Å². The number of hydrogen-bond acceptors (Lipinski definition) is 16. The molecule has 0 saturated carbocycles. The number of allylic oxidation sites excluding steroid dienone is 2. The summed E-state index contributed by atoms with van der Waals surface area (Å²) in [6, 6.07) is 7.85. The van der Waals surface area contributed by atoms with E-state index < -0.39 is 88.8 Å². The fourth-order valence-corrected chi connectivity index (χ4v) is 9.05. The second kappa shape index (κ2) is 20.8. The number of nitrogens with one attached hydrogen (secondary N) is 1. The van der Waals surface area contributed by atoms with Crippen molar-refractivity contribution < 1.29 is 63.6 Å². The van der Waals surface area contributed by atoms with E-state index in [1.807, 2.05) is 24.3 Å². The number of nitrogens with zero attached hydrogens (tertiary/aromatic N) is 3. The number of aromatic hydroxyl groups is 3. The highest BCUT2D eigenvalue weighted by Gasteiger charge is 2.50. The van der Waals surface area contributed by atoms with Gasteiger partial charge < -0.3 is 54.5 Å².